The summed E-state index contributed by atoms with van der Waals surface area (Å²) in [5, 5.41) is 19.2. The minimum absolute atomic E-state index is 0.0372. The summed E-state index contributed by atoms with van der Waals surface area (Å²) in [4.78, 5) is 14.1. The molecule has 1 aliphatic heterocycles. The SMILES string of the molecule is O=C(Cc1cccc(O)c1)N1CCCCc2cc(C(O)(C(F)(F)F)C(F)(F)F)ccc21. The van der Waals surface area contributed by atoms with Crippen molar-refractivity contribution >= 4 is 11.6 Å². The number of hydrogen-bond donors (Lipinski definition) is 2. The zero-order valence-electron chi connectivity index (χ0n) is 16.1. The molecule has 0 bridgehead atoms. The molecule has 1 aliphatic rings. The number of halogens is 6. The molecule has 10 heteroatoms. The van der Waals surface area contributed by atoms with E-state index < -0.39 is 29.4 Å². The first-order valence-electron chi connectivity index (χ1n) is 9.42. The lowest BCUT2D eigenvalue weighted by atomic mass is 9.89. The van der Waals surface area contributed by atoms with Gasteiger partial charge in [-0.05, 0) is 48.6 Å². The van der Waals surface area contributed by atoms with E-state index in [4.69, 9.17) is 0 Å². The van der Waals surface area contributed by atoms with Crippen LogP contribution in [0.15, 0.2) is 42.5 Å². The number of aromatic hydroxyl groups is 1. The summed E-state index contributed by atoms with van der Waals surface area (Å²) in [6.45, 7) is 0.243. The Morgan fingerprint density at radius 2 is 1.65 bits per heavy atom. The molecule has 1 heterocycles. The molecule has 168 valence electrons. The molecule has 0 atom stereocenters. The third-order valence-electron chi connectivity index (χ3n) is 5.25. The first kappa shape index (κ1) is 22.9. The summed E-state index contributed by atoms with van der Waals surface area (Å²) in [5.74, 6) is -0.451. The molecule has 0 saturated heterocycles. The molecule has 0 radical (unpaired) electrons. The summed E-state index contributed by atoms with van der Waals surface area (Å²) in [5.41, 5.74) is -5.52. The van der Waals surface area contributed by atoms with Crippen LogP contribution >= 0.6 is 0 Å². The van der Waals surface area contributed by atoms with Crippen LogP contribution in [-0.2, 0) is 23.2 Å². The molecule has 0 spiro atoms. The van der Waals surface area contributed by atoms with E-state index in [-0.39, 0.29) is 36.4 Å². The number of benzene rings is 2. The molecule has 2 aromatic rings. The Labute approximate surface area is 173 Å². The summed E-state index contributed by atoms with van der Waals surface area (Å²) >= 11 is 0. The largest absolute Gasteiger partial charge is 0.508 e. The average molecular weight is 447 g/mol. The maximum atomic E-state index is 13.2. The van der Waals surface area contributed by atoms with E-state index in [1.54, 1.807) is 12.1 Å². The smallest absolute Gasteiger partial charge is 0.430 e. The number of nitrogens with zero attached hydrogens (tertiary/aromatic N) is 1. The predicted octanol–water partition coefficient (Wildman–Crippen LogP) is 4.62. The highest BCUT2D eigenvalue weighted by atomic mass is 19.4. The topological polar surface area (TPSA) is 60.8 Å². The molecular formula is C21H19F6NO3. The van der Waals surface area contributed by atoms with Crippen molar-refractivity contribution in [3.8, 4) is 5.75 Å². The Morgan fingerprint density at radius 3 is 2.26 bits per heavy atom. The number of phenolic OH excluding ortho intramolecular Hbond substituents is 1. The van der Waals surface area contributed by atoms with E-state index in [0.29, 0.717) is 30.5 Å². The highest BCUT2D eigenvalue weighted by Gasteiger charge is 2.71. The van der Waals surface area contributed by atoms with Gasteiger partial charge in [0.15, 0.2) is 0 Å². The van der Waals surface area contributed by atoms with Crippen LogP contribution < -0.4 is 4.90 Å². The van der Waals surface area contributed by atoms with Crippen molar-refractivity contribution in [3.63, 3.8) is 0 Å². The quantitative estimate of drug-likeness (QED) is 0.676. The number of rotatable bonds is 3. The zero-order chi connectivity index (χ0) is 23.0. The van der Waals surface area contributed by atoms with Gasteiger partial charge in [0.25, 0.3) is 5.60 Å². The third-order valence-corrected chi connectivity index (χ3v) is 5.25. The highest BCUT2D eigenvalue weighted by Crippen LogP contribution is 2.50. The second-order valence-corrected chi connectivity index (χ2v) is 7.40. The van der Waals surface area contributed by atoms with E-state index in [0.717, 1.165) is 6.07 Å². The lowest BCUT2D eigenvalue weighted by Gasteiger charge is -2.33. The zero-order valence-corrected chi connectivity index (χ0v) is 16.1. The van der Waals surface area contributed by atoms with Crippen LogP contribution in [0.1, 0.15) is 29.5 Å². The molecule has 4 nitrogen and oxygen atoms in total. The normalized spacial score (nSPS) is 15.4. The molecule has 1 amide bonds. The number of aryl methyl sites for hydroxylation is 1. The maximum Gasteiger partial charge on any atom is 0.430 e. The lowest BCUT2D eigenvalue weighted by Crippen LogP contribution is -2.54. The first-order chi connectivity index (χ1) is 14.3. The second kappa shape index (κ2) is 8.07. The van der Waals surface area contributed by atoms with Gasteiger partial charge in [0, 0.05) is 17.8 Å². The van der Waals surface area contributed by atoms with Crippen LogP contribution in [0.25, 0.3) is 0 Å². The summed E-state index contributed by atoms with van der Waals surface area (Å²) in [7, 11) is 0. The Hall–Kier alpha value is -2.75. The van der Waals surface area contributed by atoms with Gasteiger partial charge in [-0.25, -0.2) is 0 Å². The number of carbonyl (C=O) groups is 1. The number of aliphatic hydroxyl groups is 1. The molecule has 0 unspecified atom stereocenters. The van der Waals surface area contributed by atoms with Gasteiger partial charge < -0.3 is 15.1 Å². The van der Waals surface area contributed by atoms with Gasteiger partial charge in [0.2, 0.25) is 5.91 Å². The monoisotopic (exact) mass is 447 g/mol. The second-order valence-electron chi connectivity index (χ2n) is 7.40. The maximum absolute atomic E-state index is 13.2. The lowest BCUT2D eigenvalue weighted by molar-refractivity contribution is -0.376. The molecule has 0 aliphatic carbocycles. The number of phenols is 1. The van der Waals surface area contributed by atoms with E-state index in [9.17, 15) is 41.4 Å². The minimum Gasteiger partial charge on any atom is -0.508 e. The molecule has 31 heavy (non-hydrogen) atoms. The predicted molar refractivity (Wildman–Crippen MR) is 99.6 cm³/mol. The first-order valence-corrected chi connectivity index (χ1v) is 9.42. The Kier molecular flexibility index (Phi) is 5.96. The van der Waals surface area contributed by atoms with E-state index in [1.807, 2.05) is 0 Å². The Morgan fingerprint density at radius 1 is 0.968 bits per heavy atom. The van der Waals surface area contributed by atoms with Crippen molar-refractivity contribution < 1.29 is 41.4 Å². The van der Waals surface area contributed by atoms with Gasteiger partial charge in [-0.1, -0.05) is 24.3 Å². The summed E-state index contributed by atoms with van der Waals surface area (Å²) < 4.78 is 79.3. The standard InChI is InChI=1S/C21H19F6NO3/c22-20(23,24)19(31,21(25,26)27)15-7-8-17-14(12-15)5-1-2-9-28(17)18(30)11-13-4-3-6-16(29)10-13/h3-4,6-8,10,12,29,31H,1-2,5,9,11H2. The van der Waals surface area contributed by atoms with Crippen LogP contribution in [0, 0.1) is 0 Å². The van der Waals surface area contributed by atoms with Gasteiger partial charge in [0.05, 0.1) is 6.42 Å². The van der Waals surface area contributed by atoms with E-state index in [1.165, 1.54) is 17.0 Å². The molecule has 3 rings (SSSR count). The van der Waals surface area contributed by atoms with Gasteiger partial charge in [-0.3, -0.25) is 4.79 Å². The average Bonchev–Trinajstić information content (AvgIpc) is 2.87. The van der Waals surface area contributed by atoms with Crippen LogP contribution in [0.4, 0.5) is 32.0 Å². The summed E-state index contributed by atoms with van der Waals surface area (Å²) in [6.07, 6.45) is -11.0. The van der Waals surface area contributed by atoms with Crippen LogP contribution in [-0.4, -0.2) is 35.0 Å². The molecule has 0 saturated carbocycles. The molecule has 2 N–H and O–H groups in total. The fraction of sp³-hybridized carbons (Fsp3) is 0.381. The van der Waals surface area contributed by atoms with Crippen LogP contribution in [0.2, 0.25) is 0 Å². The Balaban J connectivity index is 1.99. The third kappa shape index (κ3) is 4.34. The van der Waals surface area contributed by atoms with Crippen molar-refractivity contribution in [3.05, 3.63) is 59.2 Å². The molecule has 0 aromatic heterocycles. The van der Waals surface area contributed by atoms with Crippen molar-refractivity contribution in [2.75, 3.05) is 11.4 Å². The van der Waals surface area contributed by atoms with Crippen molar-refractivity contribution in [2.24, 2.45) is 0 Å². The van der Waals surface area contributed by atoms with Crippen molar-refractivity contribution in [1.82, 2.24) is 0 Å². The molecular weight excluding hydrogens is 428 g/mol. The van der Waals surface area contributed by atoms with Crippen LogP contribution in [0.5, 0.6) is 5.75 Å². The Bertz CT molecular complexity index is 956. The molecule has 2 aromatic carbocycles. The number of fused-ring (bicyclic) bond motifs is 1. The number of alkyl halides is 6. The number of hydrogen-bond acceptors (Lipinski definition) is 3. The van der Waals surface area contributed by atoms with E-state index in [2.05, 4.69) is 0 Å². The van der Waals surface area contributed by atoms with E-state index >= 15 is 0 Å². The minimum atomic E-state index is -5.98. The van der Waals surface area contributed by atoms with Crippen molar-refractivity contribution in [2.45, 2.75) is 43.6 Å². The highest BCUT2D eigenvalue weighted by molar-refractivity contribution is 5.95. The summed E-state index contributed by atoms with van der Waals surface area (Å²) in [6, 6.07) is 8.24. The number of anilines is 1. The molecule has 0 fully saturated rings. The number of carbonyl (C=O) groups excluding carboxylic acids is 1. The van der Waals surface area contributed by atoms with Gasteiger partial charge in [-0.2, -0.15) is 26.3 Å². The fourth-order valence-corrected chi connectivity index (χ4v) is 3.66. The number of amides is 1. The van der Waals surface area contributed by atoms with Gasteiger partial charge in [-0.15, -0.1) is 0 Å². The van der Waals surface area contributed by atoms with Gasteiger partial charge in [0.1, 0.15) is 5.75 Å². The van der Waals surface area contributed by atoms with Crippen molar-refractivity contribution in [1.29, 1.82) is 0 Å². The fourth-order valence-electron chi connectivity index (χ4n) is 3.66. The van der Waals surface area contributed by atoms with Gasteiger partial charge >= 0.3 is 12.4 Å². The van der Waals surface area contributed by atoms with Crippen LogP contribution in [0.3, 0.4) is 0 Å².